The molecule has 1 fully saturated rings. The highest BCUT2D eigenvalue weighted by Crippen LogP contribution is 2.40. The van der Waals surface area contributed by atoms with Crippen molar-refractivity contribution < 1.29 is 29.0 Å². The van der Waals surface area contributed by atoms with Crippen LogP contribution < -0.4 is 21.1 Å². The molecule has 1 aromatic carbocycles. The number of rotatable bonds is 8. The summed E-state index contributed by atoms with van der Waals surface area (Å²) in [6, 6.07) is 3.69. The van der Waals surface area contributed by atoms with E-state index in [0.717, 1.165) is 17.7 Å². The summed E-state index contributed by atoms with van der Waals surface area (Å²) in [7, 11) is 0. The van der Waals surface area contributed by atoms with Crippen molar-refractivity contribution in [2.45, 2.75) is 38.0 Å². The average Bonchev–Trinajstić information content (AvgIpc) is 2.95. The van der Waals surface area contributed by atoms with E-state index in [1.807, 2.05) is 0 Å². The minimum Gasteiger partial charge on any atom is -0.483 e. The lowest BCUT2D eigenvalue weighted by Crippen LogP contribution is -2.53. The Hall–Kier alpha value is -2.98. The molecule has 0 bridgehead atoms. The summed E-state index contributed by atoms with van der Waals surface area (Å²) in [5.41, 5.74) is 5.81. The van der Waals surface area contributed by atoms with E-state index in [1.165, 1.54) is 6.07 Å². The molecule has 5 N–H and O–H groups in total. The number of piperidine rings is 1. The van der Waals surface area contributed by atoms with Crippen LogP contribution in [-0.4, -0.2) is 59.4 Å². The molecule has 29 heavy (non-hydrogen) atoms. The van der Waals surface area contributed by atoms with Crippen molar-refractivity contribution in [3.8, 4) is 5.75 Å². The van der Waals surface area contributed by atoms with Gasteiger partial charge in [-0.1, -0.05) is 6.07 Å². The zero-order valence-corrected chi connectivity index (χ0v) is 15.8. The number of benzene rings is 1. The molecule has 156 valence electrons. The molecular weight excluding hydrogens is 380 g/mol. The SMILES string of the molecule is NCCCCNC(=O)COc1cccc2c1C(O)N(C1CCC(=O)NC1=O)C2=O. The van der Waals surface area contributed by atoms with Crippen molar-refractivity contribution in [1.82, 2.24) is 15.5 Å². The topological polar surface area (TPSA) is 151 Å². The van der Waals surface area contributed by atoms with Crippen LogP contribution in [0.2, 0.25) is 0 Å². The average molecular weight is 404 g/mol. The van der Waals surface area contributed by atoms with Crippen molar-refractivity contribution in [1.29, 1.82) is 0 Å². The fourth-order valence-corrected chi connectivity index (χ4v) is 3.46. The van der Waals surface area contributed by atoms with E-state index in [2.05, 4.69) is 10.6 Å². The third kappa shape index (κ3) is 4.38. The number of nitrogens with two attached hydrogens (primary N) is 1. The number of aliphatic hydroxyl groups is 1. The van der Waals surface area contributed by atoms with Gasteiger partial charge in [0.1, 0.15) is 11.8 Å². The van der Waals surface area contributed by atoms with Crippen LogP contribution in [0, 0.1) is 0 Å². The largest absolute Gasteiger partial charge is 0.483 e. The van der Waals surface area contributed by atoms with Gasteiger partial charge in [-0.15, -0.1) is 0 Å². The molecule has 10 heteroatoms. The molecular formula is C19H24N4O6. The Morgan fingerprint density at radius 3 is 2.83 bits per heavy atom. The van der Waals surface area contributed by atoms with Gasteiger partial charge in [0.05, 0.1) is 11.1 Å². The Balaban J connectivity index is 1.70. The van der Waals surface area contributed by atoms with Gasteiger partial charge in [-0.25, -0.2) is 0 Å². The zero-order chi connectivity index (χ0) is 21.0. The van der Waals surface area contributed by atoms with E-state index in [-0.39, 0.29) is 42.2 Å². The van der Waals surface area contributed by atoms with Crippen LogP contribution in [0.3, 0.4) is 0 Å². The minimum absolute atomic E-state index is 0.0803. The Labute approximate surface area is 167 Å². The predicted molar refractivity (Wildman–Crippen MR) is 101 cm³/mol. The number of nitrogens with one attached hydrogen (secondary N) is 2. The number of aliphatic hydroxyl groups excluding tert-OH is 1. The van der Waals surface area contributed by atoms with Crippen LogP contribution in [0.25, 0.3) is 0 Å². The van der Waals surface area contributed by atoms with Crippen LogP contribution in [-0.2, 0) is 14.4 Å². The second-order valence-electron chi connectivity index (χ2n) is 6.90. The Morgan fingerprint density at radius 2 is 2.10 bits per heavy atom. The normalized spacial score (nSPS) is 21.0. The molecule has 2 unspecified atom stereocenters. The molecule has 1 saturated heterocycles. The number of nitrogens with zero attached hydrogens (tertiary/aromatic N) is 1. The Bertz CT molecular complexity index is 827. The third-order valence-corrected chi connectivity index (χ3v) is 4.91. The molecule has 0 aromatic heterocycles. The van der Waals surface area contributed by atoms with E-state index in [4.69, 9.17) is 10.5 Å². The first-order chi connectivity index (χ1) is 13.9. The molecule has 3 rings (SSSR count). The lowest BCUT2D eigenvalue weighted by atomic mass is 10.0. The van der Waals surface area contributed by atoms with Crippen molar-refractivity contribution >= 4 is 23.6 Å². The van der Waals surface area contributed by atoms with Crippen LogP contribution in [0.1, 0.15) is 47.8 Å². The second kappa shape index (κ2) is 9.01. The fourth-order valence-electron chi connectivity index (χ4n) is 3.46. The highest BCUT2D eigenvalue weighted by Gasteiger charge is 2.45. The standard InChI is InChI=1S/C19H24N4O6/c20-8-1-2-9-21-15(25)10-29-13-5-3-4-11-16(13)19(28)23(18(11)27)12-6-7-14(24)22-17(12)26/h3-5,12,19,28H,1-2,6-10,20H2,(H,21,25)(H,22,24,26). The number of ether oxygens (including phenoxy) is 1. The molecule has 4 amide bonds. The molecule has 2 aliphatic rings. The number of unbranched alkanes of at least 4 members (excludes halogenated alkanes) is 1. The van der Waals surface area contributed by atoms with Gasteiger partial charge in [0, 0.05) is 13.0 Å². The minimum atomic E-state index is -1.41. The Morgan fingerprint density at radius 1 is 1.31 bits per heavy atom. The van der Waals surface area contributed by atoms with Crippen molar-refractivity contribution in [3.63, 3.8) is 0 Å². The number of carbonyl (C=O) groups is 4. The maximum Gasteiger partial charge on any atom is 0.257 e. The van der Waals surface area contributed by atoms with Gasteiger partial charge in [-0.3, -0.25) is 29.4 Å². The van der Waals surface area contributed by atoms with Crippen molar-refractivity contribution in [2.75, 3.05) is 19.7 Å². The van der Waals surface area contributed by atoms with E-state index in [1.54, 1.807) is 12.1 Å². The monoisotopic (exact) mass is 404 g/mol. The van der Waals surface area contributed by atoms with Gasteiger partial charge in [0.15, 0.2) is 12.8 Å². The molecule has 0 radical (unpaired) electrons. The molecule has 2 atom stereocenters. The number of hydrogen-bond acceptors (Lipinski definition) is 7. The summed E-state index contributed by atoms with van der Waals surface area (Å²) in [4.78, 5) is 49.3. The van der Waals surface area contributed by atoms with Crippen LogP contribution in [0.4, 0.5) is 0 Å². The van der Waals surface area contributed by atoms with E-state index in [0.29, 0.717) is 13.1 Å². The zero-order valence-electron chi connectivity index (χ0n) is 15.8. The Kier molecular flexibility index (Phi) is 6.45. The molecule has 0 spiro atoms. The maximum atomic E-state index is 12.8. The predicted octanol–water partition coefficient (Wildman–Crippen LogP) is -0.828. The van der Waals surface area contributed by atoms with Gasteiger partial charge in [-0.2, -0.15) is 0 Å². The van der Waals surface area contributed by atoms with Gasteiger partial charge in [0.2, 0.25) is 11.8 Å². The smallest absolute Gasteiger partial charge is 0.257 e. The van der Waals surface area contributed by atoms with Crippen molar-refractivity contribution in [3.05, 3.63) is 29.3 Å². The summed E-state index contributed by atoms with van der Waals surface area (Å²) < 4.78 is 5.54. The lowest BCUT2D eigenvalue weighted by Gasteiger charge is -2.32. The summed E-state index contributed by atoms with van der Waals surface area (Å²) in [5.74, 6) is -1.71. The highest BCUT2D eigenvalue weighted by atomic mass is 16.5. The summed E-state index contributed by atoms with van der Waals surface area (Å²) in [6.07, 6.45) is 0.361. The van der Waals surface area contributed by atoms with Gasteiger partial charge < -0.3 is 20.9 Å². The van der Waals surface area contributed by atoms with Crippen LogP contribution >= 0.6 is 0 Å². The molecule has 2 aliphatic heterocycles. The van der Waals surface area contributed by atoms with Gasteiger partial charge >= 0.3 is 0 Å². The summed E-state index contributed by atoms with van der Waals surface area (Å²) >= 11 is 0. The first kappa shape index (κ1) is 20.7. The maximum absolute atomic E-state index is 12.8. The summed E-state index contributed by atoms with van der Waals surface area (Å²) in [6.45, 7) is 0.757. The van der Waals surface area contributed by atoms with Crippen LogP contribution in [0.15, 0.2) is 18.2 Å². The fraction of sp³-hybridized carbons (Fsp3) is 0.474. The molecule has 0 saturated carbocycles. The molecule has 0 aliphatic carbocycles. The third-order valence-electron chi connectivity index (χ3n) is 4.91. The van der Waals surface area contributed by atoms with E-state index < -0.39 is 30.0 Å². The van der Waals surface area contributed by atoms with E-state index in [9.17, 15) is 24.3 Å². The van der Waals surface area contributed by atoms with Gasteiger partial charge in [0.25, 0.3) is 11.8 Å². The number of carbonyl (C=O) groups excluding carboxylic acids is 4. The molecule has 1 aromatic rings. The number of imide groups is 1. The number of fused-ring (bicyclic) bond motifs is 1. The molecule has 2 heterocycles. The highest BCUT2D eigenvalue weighted by molar-refractivity contribution is 6.06. The number of hydrogen-bond donors (Lipinski definition) is 4. The van der Waals surface area contributed by atoms with Crippen molar-refractivity contribution in [2.24, 2.45) is 5.73 Å². The first-order valence-corrected chi connectivity index (χ1v) is 9.51. The number of amides is 4. The summed E-state index contributed by atoms with van der Waals surface area (Å²) in [5, 5.41) is 15.6. The first-order valence-electron chi connectivity index (χ1n) is 9.51. The molecule has 10 nitrogen and oxygen atoms in total. The quantitative estimate of drug-likeness (QED) is 0.326. The van der Waals surface area contributed by atoms with E-state index >= 15 is 0 Å². The van der Waals surface area contributed by atoms with Gasteiger partial charge in [-0.05, 0) is 37.9 Å². The second-order valence-corrected chi connectivity index (χ2v) is 6.90. The van der Waals surface area contributed by atoms with Crippen LogP contribution in [0.5, 0.6) is 5.75 Å². The lowest BCUT2D eigenvalue weighted by molar-refractivity contribution is -0.139.